The van der Waals surface area contributed by atoms with E-state index in [1.807, 2.05) is 31.2 Å². The summed E-state index contributed by atoms with van der Waals surface area (Å²) in [5.41, 5.74) is 1.88. The number of carbonyl (C=O) groups excluding carboxylic acids is 3. The minimum atomic E-state index is -0.161. The first-order chi connectivity index (χ1) is 11.6. The molecule has 1 heterocycles. The monoisotopic (exact) mass is 328 g/mol. The van der Waals surface area contributed by atoms with Gasteiger partial charge in [-0.2, -0.15) is 0 Å². The van der Waals surface area contributed by atoms with Crippen molar-refractivity contribution in [2.24, 2.45) is 11.8 Å². The fourth-order valence-corrected chi connectivity index (χ4v) is 3.83. The number of para-hydroxylation sites is 1. The molecule has 3 rings (SSSR count). The van der Waals surface area contributed by atoms with E-state index in [0.29, 0.717) is 0 Å². The number of hydrogen-bond donors (Lipinski definition) is 1. The number of fused-ring (bicyclic) bond motifs is 1. The molecule has 5 heteroatoms. The molecule has 1 saturated heterocycles. The fraction of sp³-hybridized carbons (Fsp3) is 0.526. The highest BCUT2D eigenvalue weighted by atomic mass is 16.2. The molecule has 5 nitrogen and oxygen atoms in total. The summed E-state index contributed by atoms with van der Waals surface area (Å²) in [6.07, 6.45) is 4.63. The molecule has 1 aromatic carbocycles. The highest BCUT2D eigenvalue weighted by Gasteiger charge is 2.47. The van der Waals surface area contributed by atoms with Crippen LogP contribution in [0, 0.1) is 11.8 Å². The number of amides is 3. The number of likely N-dealkylation sites (tertiary alicyclic amines) is 1. The van der Waals surface area contributed by atoms with Crippen LogP contribution in [0.3, 0.4) is 0 Å². The number of aryl methyl sites for hydroxylation is 1. The molecule has 1 saturated carbocycles. The molecule has 0 aromatic heterocycles. The highest BCUT2D eigenvalue weighted by molar-refractivity contribution is 6.05. The Labute approximate surface area is 142 Å². The van der Waals surface area contributed by atoms with Crippen molar-refractivity contribution in [2.45, 2.75) is 45.4 Å². The zero-order valence-corrected chi connectivity index (χ0v) is 14.1. The molecule has 0 radical (unpaired) electrons. The van der Waals surface area contributed by atoms with Crippen molar-refractivity contribution in [3.63, 3.8) is 0 Å². The Morgan fingerprint density at radius 2 is 1.75 bits per heavy atom. The Morgan fingerprint density at radius 1 is 1.12 bits per heavy atom. The Kier molecular flexibility index (Phi) is 4.97. The molecule has 1 N–H and O–H groups in total. The van der Waals surface area contributed by atoms with Crippen LogP contribution >= 0.6 is 0 Å². The Balaban J connectivity index is 1.58. The Hall–Kier alpha value is -2.17. The molecular formula is C19H24N2O3. The van der Waals surface area contributed by atoms with Gasteiger partial charge in [0.05, 0.1) is 11.8 Å². The van der Waals surface area contributed by atoms with Gasteiger partial charge in [-0.05, 0) is 30.9 Å². The van der Waals surface area contributed by atoms with Crippen LogP contribution < -0.4 is 5.32 Å². The maximum Gasteiger partial charge on any atom is 0.233 e. The normalized spacial score (nSPS) is 23.3. The largest absolute Gasteiger partial charge is 0.326 e. The van der Waals surface area contributed by atoms with Gasteiger partial charge in [0, 0.05) is 18.7 Å². The average molecular weight is 328 g/mol. The van der Waals surface area contributed by atoms with E-state index < -0.39 is 0 Å². The number of rotatable bonds is 5. The molecule has 0 unspecified atom stereocenters. The van der Waals surface area contributed by atoms with Crippen LogP contribution in [0.4, 0.5) is 5.69 Å². The predicted octanol–water partition coefficient (Wildman–Crippen LogP) is 2.75. The third kappa shape index (κ3) is 3.21. The van der Waals surface area contributed by atoms with Crippen LogP contribution in [0.2, 0.25) is 0 Å². The van der Waals surface area contributed by atoms with Crippen LogP contribution in [-0.2, 0) is 20.8 Å². The van der Waals surface area contributed by atoms with Crippen molar-refractivity contribution in [3.8, 4) is 0 Å². The van der Waals surface area contributed by atoms with E-state index in [-0.39, 0.29) is 42.5 Å². The van der Waals surface area contributed by atoms with Gasteiger partial charge >= 0.3 is 0 Å². The summed E-state index contributed by atoms with van der Waals surface area (Å²) in [5, 5.41) is 2.89. The second kappa shape index (κ2) is 7.16. The number of carbonyl (C=O) groups is 3. The van der Waals surface area contributed by atoms with Crippen molar-refractivity contribution in [1.82, 2.24) is 4.90 Å². The van der Waals surface area contributed by atoms with Crippen molar-refractivity contribution < 1.29 is 14.4 Å². The van der Waals surface area contributed by atoms with Crippen molar-refractivity contribution in [2.75, 3.05) is 11.9 Å². The molecule has 0 bridgehead atoms. The van der Waals surface area contributed by atoms with Gasteiger partial charge in [0.1, 0.15) is 0 Å². The lowest BCUT2D eigenvalue weighted by Gasteiger charge is -2.19. The summed E-state index contributed by atoms with van der Waals surface area (Å²) in [7, 11) is 0. The van der Waals surface area contributed by atoms with E-state index in [1.165, 1.54) is 4.90 Å². The first-order valence-corrected chi connectivity index (χ1v) is 8.84. The molecular weight excluding hydrogens is 304 g/mol. The standard InChI is InChI=1S/C19H24N2O3/c1-2-13-7-3-6-10-16(13)20-17(22)11-12-21-18(23)14-8-4-5-9-15(14)19(21)24/h3,6-7,10,14-15H,2,4-5,8-9,11-12H2,1H3,(H,20,22)/t14-,15-/m1/s1. The number of hydrogen-bond acceptors (Lipinski definition) is 3. The van der Waals surface area contributed by atoms with Crippen LogP contribution in [-0.4, -0.2) is 29.2 Å². The summed E-state index contributed by atoms with van der Waals surface area (Å²) < 4.78 is 0. The summed E-state index contributed by atoms with van der Waals surface area (Å²) in [4.78, 5) is 38.3. The number of nitrogens with zero attached hydrogens (tertiary/aromatic N) is 1. The van der Waals surface area contributed by atoms with Gasteiger partial charge in [-0.25, -0.2) is 0 Å². The van der Waals surface area contributed by atoms with Crippen molar-refractivity contribution >= 4 is 23.4 Å². The summed E-state index contributed by atoms with van der Waals surface area (Å²) in [6.45, 7) is 2.22. The third-order valence-corrected chi connectivity index (χ3v) is 5.17. The molecule has 2 aliphatic rings. The maximum absolute atomic E-state index is 12.4. The SMILES string of the molecule is CCc1ccccc1NC(=O)CCN1C(=O)[C@@H]2CCCC[C@H]2C1=O. The average Bonchev–Trinajstić information content (AvgIpc) is 2.85. The first-order valence-electron chi connectivity index (χ1n) is 8.84. The second-order valence-electron chi connectivity index (χ2n) is 6.63. The molecule has 2 fully saturated rings. The van der Waals surface area contributed by atoms with Crippen molar-refractivity contribution in [1.29, 1.82) is 0 Å². The smallest absolute Gasteiger partial charge is 0.233 e. The van der Waals surface area contributed by atoms with E-state index >= 15 is 0 Å². The van der Waals surface area contributed by atoms with Gasteiger partial charge in [-0.3, -0.25) is 19.3 Å². The minimum absolute atomic E-state index is 0.0774. The predicted molar refractivity (Wildman–Crippen MR) is 91.2 cm³/mol. The van der Waals surface area contributed by atoms with Crippen LogP contribution in [0.15, 0.2) is 24.3 Å². The van der Waals surface area contributed by atoms with Gasteiger partial charge in [0.15, 0.2) is 0 Å². The van der Waals surface area contributed by atoms with Gasteiger partial charge in [0.25, 0.3) is 0 Å². The lowest BCUT2D eigenvalue weighted by Crippen LogP contribution is -2.34. The quantitative estimate of drug-likeness (QED) is 0.845. The lowest BCUT2D eigenvalue weighted by molar-refractivity contribution is -0.140. The second-order valence-corrected chi connectivity index (χ2v) is 6.63. The molecule has 24 heavy (non-hydrogen) atoms. The van der Waals surface area contributed by atoms with E-state index in [2.05, 4.69) is 5.32 Å². The van der Waals surface area contributed by atoms with Crippen molar-refractivity contribution in [3.05, 3.63) is 29.8 Å². The molecule has 0 spiro atoms. The molecule has 128 valence electrons. The summed E-state index contributed by atoms with van der Waals surface area (Å²) >= 11 is 0. The third-order valence-electron chi connectivity index (χ3n) is 5.17. The van der Waals surface area contributed by atoms with E-state index in [4.69, 9.17) is 0 Å². The Bertz CT molecular complexity index is 632. The number of imide groups is 1. The molecule has 3 amide bonds. The van der Waals surface area contributed by atoms with Gasteiger partial charge in [-0.1, -0.05) is 38.0 Å². The first kappa shape index (κ1) is 16.7. The maximum atomic E-state index is 12.4. The fourth-order valence-electron chi connectivity index (χ4n) is 3.83. The van der Waals surface area contributed by atoms with E-state index in [9.17, 15) is 14.4 Å². The lowest BCUT2D eigenvalue weighted by atomic mass is 9.81. The summed E-state index contributed by atoms with van der Waals surface area (Å²) in [6, 6.07) is 7.68. The summed E-state index contributed by atoms with van der Waals surface area (Å²) in [5.74, 6) is -0.602. The molecule has 2 atom stereocenters. The van der Waals surface area contributed by atoms with Gasteiger partial charge < -0.3 is 5.32 Å². The van der Waals surface area contributed by atoms with Gasteiger partial charge in [0.2, 0.25) is 17.7 Å². The number of benzene rings is 1. The van der Waals surface area contributed by atoms with Crippen LogP contribution in [0.1, 0.15) is 44.6 Å². The number of nitrogens with one attached hydrogen (secondary N) is 1. The minimum Gasteiger partial charge on any atom is -0.326 e. The topological polar surface area (TPSA) is 66.5 Å². The molecule has 1 aromatic rings. The van der Waals surface area contributed by atoms with Crippen LogP contribution in [0.5, 0.6) is 0 Å². The zero-order valence-electron chi connectivity index (χ0n) is 14.1. The Morgan fingerprint density at radius 3 is 2.38 bits per heavy atom. The zero-order chi connectivity index (χ0) is 17.1. The van der Waals surface area contributed by atoms with Gasteiger partial charge in [-0.15, -0.1) is 0 Å². The van der Waals surface area contributed by atoms with E-state index in [0.717, 1.165) is 43.4 Å². The van der Waals surface area contributed by atoms with E-state index in [1.54, 1.807) is 0 Å². The van der Waals surface area contributed by atoms with Crippen LogP contribution in [0.25, 0.3) is 0 Å². The molecule has 1 aliphatic heterocycles. The molecule has 1 aliphatic carbocycles. The highest BCUT2D eigenvalue weighted by Crippen LogP contribution is 2.37. The number of anilines is 1.